The number of hydrogen-bond acceptors (Lipinski definition) is 5. The van der Waals surface area contributed by atoms with Gasteiger partial charge in [0.15, 0.2) is 0 Å². The molecule has 3 aromatic rings. The Morgan fingerprint density at radius 1 is 1.14 bits per heavy atom. The Labute approximate surface area is 167 Å². The van der Waals surface area contributed by atoms with Gasteiger partial charge in [0.25, 0.3) is 10.0 Å². The molecule has 1 saturated heterocycles. The van der Waals surface area contributed by atoms with Crippen molar-refractivity contribution in [3.8, 4) is 0 Å². The van der Waals surface area contributed by atoms with Crippen LogP contribution in [0.15, 0.2) is 46.7 Å². The van der Waals surface area contributed by atoms with Gasteiger partial charge in [-0.15, -0.1) is 11.3 Å². The molecule has 2 aromatic carbocycles. The minimum Gasteiger partial charge on any atom is -0.478 e. The van der Waals surface area contributed by atoms with Gasteiger partial charge in [-0.05, 0) is 67.1 Å². The maximum absolute atomic E-state index is 13.0. The normalized spacial score (nSPS) is 14.5. The molecule has 146 valence electrons. The first-order valence-corrected chi connectivity index (χ1v) is 11.3. The smallest absolute Gasteiger partial charge is 0.335 e. The molecule has 0 spiro atoms. The average Bonchev–Trinajstić information content (AvgIpc) is 3.30. The van der Waals surface area contributed by atoms with Crippen molar-refractivity contribution in [1.82, 2.24) is 0 Å². The highest BCUT2D eigenvalue weighted by Gasteiger charge is 2.23. The Kier molecular flexibility index (Phi) is 4.76. The van der Waals surface area contributed by atoms with E-state index in [2.05, 4.69) is 15.7 Å². The lowest BCUT2D eigenvalue weighted by molar-refractivity contribution is 0.0697. The monoisotopic (exact) mass is 416 g/mol. The van der Waals surface area contributed by atoms with Crippen LogP contribution in [0.3, 0.4) is 0 Å². The SMILES string of the molecule is Cc1c(S(=O)(=O)Nc2cccc(C(=O)O)c2)sc2ccc(N3CCCC3)cc12. The molecule has 6 nitrogen and oxygen atoms in total. The number of aromatic carboxylic acids is 1. The second-order valence-electron chi connectivity index (χ2n) is 6.88. The third-order valence-corrected chi connectivity index (χ3v) is 8.23. The van der Waals surface area contributed by atoms with E-state index in [1.807, 2.05) is 19.1 Å². The van der Waals surface area contributed by atoms with Gasteiger partial charge in [-0.3, -0.25) is 4.72 Å². The first-order chi connectivity index (χ1) is 13.3. The van der Waals surface area contributed by atoms with Crippen molar-refractivity contribution in [2.45, 2.75) is 24.0 Å². The quantitative estimate of drug-likeness (QED) is 0.647. The fourth-order valence-electron chi connectivity index (χ4n) is 3.53. The molecular formula is C20H20N2O4S2. The number of nitrogens with one attached hydrogen (secondary N) is 1. The average molecular weight is 417 g/mol. The van der Waals surface area contributed by atoms with Crippen LogP contribution in [-0.2, 0) is 10.0 Å². The fraction of sp³-hybridized carbons (Fsp3) is 0.250. The molecule has 0 bridgehead atoms. The molecule has 4 rings (SSSR count). The van der Waals surface area contributed by atoms with Gasteiger partial charge in [-0.2, -0.15) is 0 Å². The van der Waals surface area contributed by atoms with Crippen LogP contribution < -0.4 is 9.62 Å². The lowest BCUT2D eigenvalue weighted by Crippen LogP contribution is -2.17. The summed E-state index contributed by atoms with van der Waals surface area (Å²) in [6.45, 7) is 3.87. The highest BCUT2D eigenvalue weighted by molar-refractivity contribution is 7.94. The summed E-state index contributed by atoms with van der Waals surface area (Å²) in [5.74, 6) is -1.10. The molecular weight excluding hydrogens is 396 g/mol. The van der Waals surface area contributed by atoms with E-state index >= 15 is 0 Å². The summed E-state index contributed by atoms with van der Waals surface area (Å²) >= 11 is 1.23. The first-order valence-electron chi connectivity index (χ1n) is 8.99. The minimum absolute atomic E-state index is 0.0310. The highest BCUT2D eigenvalue weighted by atomic mass is 32.2. The molecule has 0 saturated carbocycles. The van der Waals surface area contributed by atoms with Crippen molar-refractivity contribution in [1.29, 1.82) is 0 Å². The maximum Gasteiger partial charge on any atom is 0.335 e. The summed E-state index contributed by atoms with van der Waals surface area (Å²) in [7, 11) is -3.82. The Bertz CT molecular complexity index is 1160. The second-order valence-corrected chi connectivity index (χ2v) is 9.81. The van der Waals surface area contributed by atoms with E-state index in [1.165, 1.54) is 48.4 Å². The Balaban J connectivity index is 1.70. The molecule has 1 fully saturated rings. The molecule has 1 aromatic heterocycles. The summed E-state index contributed by atoms with van der Waals surface area (Å²) in [5.41, 5.74) is 2.10. The van der Waals surface area contributed by atoms with Crippen molar-refractivity contribution in [3.05, 3.63) is 53.6 Å². The lowest BCUT2D eigenvalue weighted by atomic mass is 10.1. The van der Waals surface area contributed by atoms with Crippen molar-refractivity contribution in [2.24, 2.45) is 0 Å². The molecule has 2 N–H and O–H groups in total. The number of carboxylic acid groups (broad SMARTS) is 1. The number of carboxylic acids is 1. The van der Waals surface area contributed by atoms with Gasteiger partial charge in [0.1, 0.15) is 4.21 Å². The zero-order valence-corrected chi connectivity index (χ0v) is 16.9. The van der Waals surface area contributed by atoms with Crippen LogP contribution in [0, 0.1) is 6.92 Å². The van der Waals surface area contributed by atoms with Gasteiger partial charge < -0.3 is 10.0 Å². The number of sulfonamides is 1. The molecule has 28 heavy (non-hydrogen) atoms. The van der Waals surface area contributed by atoms with Crippen molar-refractivity contribution >= 4 is 48.8 Å². The standard InChI is InChI=1S/C20H20N2O4S2/c1-13-17-12-16(22-9-2-3-10-22)7-8-18(17)27-20(13)28(25,26)21-15-6-4-5-14(11-15)19(23)24/h4-8,11-12,21H,2-3,9-10H2,1H3,(H,23,24). The largest absolute Gasteiger partial charge is 0.478 e. The number of carbonyl (C=O) groups is 1. The third-order valence-electron chi connectivity index (χ3n) is 4.95. The van der Waals surface area contributed by atoms with Crippen LogP contribution in [0.4, 0.5) is 11.4 Å². The zero-order valence-electron chi connectivity index (χ0n) is 15.3. The van der Waals surface area contributed by atoms with Crippen LogP contribution in [-0.4, -0.2) is 32.6 Å². The Morgan fingerprint density at radius 3 is 2.61 bits per heavy atom. The van der Waals surface area contributed by atoms with Gasteiger partial charge in [0, 0.05) is 29.2 Å². The van der Waals surface area contributed by atoms with Crippen molar-refractivity contribution in [3.63, 3.8) is 0 Å². The lowest BCUT2D eigenvalue weighted by Gasteiger charge is -2.17. The second kappa shape index (κ2) is 7.10. The summed E-state index contributed by atoms with van der Waals surface area (Å²) in [6.07, 6.45) is 2.36. The van der Waals surface area contributed by atoms with Crippen LogP contribution in [0.5, 0.6) is 0 Å². The van der Waals surface area contributed by atoms with Crippen LogP contribution >= 0.6 is 11.3 Å². The van der Waals surface area contributed by atoms with E-state index in [0.29, 0.717) is 5.56 Å². The van der Waals surface area contributed by atoms with Gasteiger partial charge >= 0.3 is 5.97 Å². The van der Waals surface area contributed by atoms with Crippen molar-refractivity contribution < 1.29 is 18.3 Å². The number of anilines is 2. The number of hydrogen-bond donors (Lipinski definition) is 2. The van der Waals surface area contributed by atoms with Crippen LogP contribution in [0.25, 0.3) is 10.1 Å². The minimum atomic E-state index is -3.82. The van der Waals surface area contributed by atoms with E-state index in [-0.39, 0.29) is 15.5 Å². The van der Waals surface area contributed by atoms with E-state index in [9.17, 15) is 13.2 Å². The van der Waals surface area contributed by atoms with Gasteiger partial charge in [0.05, 0.1) is 5.56 Å². The predicted octanol–water partition coefficient (Wildman–Crippen LogP) is 4.31. The molecule has 0 amide bonds. The summed E-state index contributed by atoms with van der Waals surface area (Å²) in [4.78, 5) is 13.4. The Hall–Kier alpha value is -2.58. The van der Waals surface area contributed by atoms with E-state index < -0.39 is 16.0 Å². The number of aryl methyl sites for hydroxylation is 1. The Morgan fingerprint density at radius 2 is 1.89 bits per heavy atom. The molecule has 1 aliphatic heterocycles. The van der Waals surface area contributed by atoms with Crippen LogP contribution in [0.1, 0.15) is 28.8 Å². The number of rotatable bonds is 5. The molecule has 0 unspecified atom stereocenters. The van der Waals surface area contributed by atoms with E-state index in [0.717, 1.165) is 28.9 Å². The third kappa shape index (κ3) is 3.45. The van der Waals surface area contributed by atoms with Crippen molar-refractivity contribution in [2.75, 3.05) is 22.7 Å². The first kappa shape index (κ1) is 18.8. The van der Waals surface area contributed by atoms with Gasteiger partial charge in [-0.1, -0.05) is 6.07 Å². The fourth-order valence-corrected chi connectivity index (χ4v) is 6.33. The maximum atomic E-state index is 13.0. The van der Waals surface area contributed by atoms with E-state index in [1.54, 1.807) is 0 Å². The molecule has 8 heteroatoms. The summed E-state index contributed by atoms with van der Waals surface area (Å²) in [5, 5.41) is 10.0. The molecule has 1 aliphatic rings. The molecule has 0 aliphatic carbocycles. The van der Waals surface area contributed by atoms with E-state index in [4.69, 9.17) is 5.11 Å². The molecule has 2 heterocycles. The van der Waals surface area contributed by atoms with Crippen LogP contribution in [0.2, 0.25) is 0 Å². The van der Waals surface area contributed by atoms with Gasteiger partial charge in [-0.25, -0.2) is 13.2 Å². The number of thiophene rings is 1. The highest BCUT2D eigenvalue weighted by Crippen LogP contribution is 2.37. The number of fused-ring (bicyclic) bond motifs is 1. The molecule has 0 radical (unpaired) electrons. The number of nitrogens with zero attached hydrogens (tertiary/aromatic N) is 1. The predicted molar refractivity (Wildman–Crippen MR) is 112 cm³/mol. The summed E-state index contributed by atoms with van der Waals surface area (Å²) in [6, 6.07) is 11.9. The zero-order chi connectivity index (χ0) is 19.9. The topological polar surface area (TPSA) is 86.7 Å². The van der Waals surface area contributed by atoms with Gasteiger partial charge in [0.2, 0.25) is 0 Å². The molecule has 0 atom stereocenters. The number of benzene rings is 2. The summed E-state index contributed by atoms with van der Waals surface area (Å²) < 4.78 is 29.6.